The van der Waals surface area contributed by atoms with E-state index >= 15 is 0 Å². The molecule has 0 aliphatic carbocycles. The summed E-state index contributed by atoms with van der Waals surface area (Å²) < 4.78 is 21.7. The van der Waals surface area contributed by atoms with Crippen LogP contribution in [0.4, 0.5) is 0 Å². The smallest absolute Gasteiger partial charge is 0.267 e. The fourth-order valence-corrected chi connectivity index (χ4v) is 1.68. The highest BCUT2D eigenvalue weighted by molar-refractivity contribution is 7.90. The molecule has 0 atom stereocenters. The molecule has 0 fully saturated rings. The first-order valence-corrected chi connectivity index (χ1v) is 7.08. The highest BCUT2D eigenvalue weighted by atomic mass is 32.2. The zero-order valence-corrected chi connectivity index (χ0v) is 10.3. The quantitative estimate of drug-likeness (QED) is 0.657. The SMILES string of the molecule is CS(=O)(=O)CCNCc1ccc(C(N)=O)nc1. The molecule has 7 heteroatoms. The monoisotopic (exact) mass is 257 g/mol. The molecule has 1 aromatic rings. The van der Waals surface area contributed by atoms with E-state index in [9.17, 15) is 13.2 Å². The van der Waals surface area contributed by atoms with Crippen LogP contribution in [0, 0.1) is 0 Å². The summed E-state index contributed by atoms with van der Waals surface area (Å²) in [6, 6.07) is 3.26. The van der Waals surface area contributed by atoms with Gasteiger partial charge in [0.25, 0.3) is 5.91 Å². The lowest BCUT2D eigenvalue weighted by Gasteiger charge is -2.04. The van der Waals surface area contributed by atoms with Gasteiger partial charge in [-0.15, -0.1) is 0 Å². The average Bonchev–Trinajstić information content (AvgIpc) is 2.24. The van der Waals surface area contributed by atoms with Crippen molar-refractivity contribution in [2.75, 3.05) is 18.6 Å². The van der Waals surface area contributed by atoms with Crippen LogP contribution in [-0.4, -0.2) is 37.9 Å². The van der Waals surface area contributed by atoms with Crippen LogP contribution in [0.2, 0.25) is 0 Å². The van der Waals surface area contributed by atoms with Crippen molar-refractivity contribution in [1.29, 1.82) is 0 Å². The summed E-state index contributed by atoms with van der Waals surface area (Å²) in [5, 5.41) is 2.97. The van der Waals surface area contributed by atoms with Gasteiger partial charge in [0.15, 0.2) is 0 Å². The van der Waals surface area contributed by atoms with Crippen LogP contribution in [0.15, 0.2) is 18.3 Å². The van der Waals surface area contributed by atoms with E-state index in [0.717, 1.165) is 5.56 Å². The van der Waals surface area contributed by atoms with Gasteiger partial charge in [-0.3, -0.25) is 9.78 Å². The lowest BCUT2D eigenvalue weighted by atomic mass is 10.2. The fraction of sp³-hybridized carbons (Fsp3) is 0.400. The van der Waals surface area contributed by atoms with E-state index in [1.165, 1.54) is 18.5 Å². The molecule has 0 spiro atoms. The molecule has 0 unspecified atom stereocenters. The number of carbonyl (C=O) groups is 1. The van der Waals surface area contributed by atoms with Gasteiger partial charge in [-0.05, 0) is 11.6 Å². The molecule has 1 amide bonds. The predicted molar refractivity (Wildman–Crippen MR) is 64.2 cm³/mol. The van der Waals surface area contributed by atoms with Gasteiger partial charge in [-0.1, -0.05) is 6.07 Å². The summed E-state index contributed by atoms with van der Waals surface area (Å²) in [5.41, 5.74) is 6.13. The number of rotatable bonds is 6. The first-order valence-electron chi connectivity index (χ1n) is 5.01. The van der Waals surface area contributed by atoms with E-state index < -0.39 is 15.7 Å². The van der Waals surface area contributed by atoms with Crippen molar-refractivity contribution >= 4 is 15.7 Å². The average molecular weight is 257 g/mol. The number of carbonyl (C=O) groups excluding carboxylic acids is 1. The van der Waals surface area contributed by atoms with Crippen LogP contribution in [0.1, 0.15) is 16.1 Å². The van der Waals surface area contributed by atoms with Crippen molar-refractivity contribution in [3.63, 3.8) is 0 Å². The zero-order valence-electron chi connectivity index (χ0n) is 9.51. The van der Waals surface area contributed by atoms with Crippen molar-refractivity contribution in [1.82, 2.24) is 10.3 Å². The second-order valence-corrected chi connectivity index (χ2v) is 5.98. The number of primary amides is 1. The molecule has 1 rings (SSSR count). The molecule has 0 saturated heterocycles. The number of pyridine rings is 1. The van der Waals surface area contributed by atoms with Crippen molar-refractivity contribution in [2.24, 2.45) is 5.73 Å². The minimum atomic E-state index is -2.94. The molecular weight excluding hydrogens is 242 g/mol. The maximum Gasteiger partial charge on any atom is 0.267 e. The van der Waals surface area contributed by atoms with Crippen LogP contribution in [-0.2, 0) is 16.4 Å². The molecule has 0 aliphatic heterocycles. The Kier molecular flexibility index (Phi) is 4.59. The van der Waals surface area contributed by atoms with E-state index in [4.69, 9.17) is 5.73 Å². The highest BCUT2D eigenvalue weighted by Crippen LogP contribution is 1.99. The molecule has 1 aromatic heterocycles. The van der Waals surface area contributed by atoms with E-state index in [-0.39, 0.29) is 11.4 Å². The van der Waals surface area contributed by atoms with Crippen LogP contribution < -0.4 is 11.1 Å². The van der Waals surface area contributed by atoms with Crippen molar-refractivity contribution < 1.29 is 13.2 Å². The summed E-state index contributed by atoms with van der Waals surface area (Å²) in [6.07, 6.45) is 2.73. The van der Waals surface area contributed by atoms with Gasteiger partial charge < -0.3 is 11.1 Å². The van der Waals surface area contributed by atoms with Crippen LogP contribution in [0.25, 0.3) is 0 Å². The van der Waals surface area contributed by atoms with Crippen molar-refractivity contribution in [3.8, 4) is 0 Å². The Morgan fingerprint density at radius 1 is 1.47 bits per heavy atom. The van der Waals surface area contributed by atoms with Gasteiger partial charge in [-0.2, -0.15) is 0 Å². The minimum absolute atomic E-state index is 0.0970. The predicted octanol–water partition coefficient (Wildman–Crippen LogP) is -0.685. The normalized spacial score (nSPS) is 11.4. The van der Waals surface area contributed by atoms with Gasteiger partial charge in [0.1, 0.15) is 15.5 Å². The Hall–Kier alpha value is -1.47. The third-order valence-electron chi connectivity index (χ3n) is 2.06. The van der Waals surface area contributed by atoms with E-state index in [2.05, 4.69) is 10.3 Å². The lowest BCUT2D eigenvalue weighted by molar-refractivity contribution is 0.0995. The molecule has 0 radical (unpaired) electrons. The molecule has 0 saturated carbocycles. The van der Waals surface area contributed by atoms with E-state index in [0.29, 0.717) is 13.1 Å². The summed E-state index contributed by atoms with van der Waals surface area (Å²) in [4.78, 5) is 14.6. The number of hydrogen-bond donors (Lipinski definition) is 2. The number of hydrogen-bond acceptors (Lipinski definition) is 5. The second kappa shape index (κ2) is 5.74. The van der Waals surface area contributed by atoms with Gasteiger partial charge in [0.2, 0.25) is 0 Å². The summed E-state index contributed by atoms with van der Waals surface area (Å²) in [6.45, 7) is 0.887. The molecule has 0 bridgehead atoms. The molecule has 17 heavy (non-hydrogen) atoms. The van der Waals surface area contributed by atoms with Gasteiger partial charge >= 0.3 is 0 Å². The zero-order chi connectivity index (χ0) is 12.9. The van der Waals surface area contributed by atoms with E-state index in [1.54, 1.807) is 6.07 Å². The minimum Gasteiger partial charge on any atom is -0.364 e. The van der Waals surface area contributed by atoms with Gasteiger partial charge in [-0.25, -0.2) is 8.42 Å². The Morgan fingerprint density at radius 2 is 2.18 bits per heavy atom. The van der Waals surface area contributed by atoms with Crippen LogP contribution in [0.3, 0.4) is 0 Å². The topological polar surface area (TPSA) is 102 Å². The van der Waals surface area contributed by atoms with Crippen LogP contribution in [0.5, 0.6) is 0 Å². The number of aromatic nitrogens is 1. The summed E-state index contributed by atoms with van der Waals surface area (Å²) in [5.74, 6) is -0.471. The molecular formula is C10H15N3O3S. The first kappa shape index (κ1) is 13.6. The third-order valence-corrected chi connectivity index (χ3v) is 3.00. The Balaban J connectivity index is 2.40. The standard InChI is InChI=1S/C10H15N3O3S/c1-17(15,16)5-4-12-6-8-2-3-9(10(11)14)13-7-8/h2-3,7,12H,4-6H2,1H3,(H2,11,14). The maximum absolute atomic E-state index is 10.9. The molecule has 3 N–H and O–H groups in total. The number of nitrogens with one attached hydrogen (secondary N) is 1. The number of amides is 1. The Bertz CT molecular complexity index is 482. The van der Waals surface area contributed by atoms with E-state index in [1.807, 2.05) is 0 Å². The number of nitrogens with zero attached hydrogens (tertiary/aromatic N) is 1. The lowest BCUT2D eigenvalue weighted by Crippen LogP contribution is -2.22. The van der Waals surface area contributed by atoms with Crippen LogP contribution >= 0.6 is 0 Å². The molecule has 1 heterocycles. The first-order chi connectivity index (χ1) is 7.88. The fourth-order valence-electron chi connectivity index (χ4n) is 1.17. The van der Waals surface area contributed by atoms with Crippen molar-refractivity contribution in [3.05, 3.63) is 29.6 Å². The number of nitrogens with two attached hydrogens (primary N) is 1. The largest absolute Gasteiger partial charge is 0.364 e. The summed E-state index contributed by atoms with van der Waals surface area (Å²) >= 11 is 0. The highest BCUT2D eigenvalue weighted by Gasteiger charge is 2.03. The molecule has 6 nitrogen and oxygen atoms in total. The Labute approximate surface area is 100 Å². The molecule has 0 aliphatic rings. The number of sulfone groups is 1. The molecule has 94 valence electrons. The van der Waals surface area contributed by atoms with Crippen molar-refractivity contribution in [2.45, 2.75) is 6.54 Å². The Morgan fingerprint density at radius 3 is 2.65 bits per heavy atom. The van der Waals surface area contributed by atoms with Gasteiger partial charge in [0.05, 0.1) is 5.75 Å². The summed E-state index contributed by atoms with van der Waals surface area (Å²) in [7, 11) is -2.94. The maximum atomic E-state index is 10.9. The molecule has 0 aromatic carbocycles. The third kappa shape index (κ3) is 5.41. The van der Waals surface area contributed by atoms with Gasteiger partial charge in [0, 0.05) is 25.5 Å². The second-order valence-electron chi connectivity index (χ2n) is 3.72.